The fraction of sp³-hybridized carbons (Fsp3) is 0.300. The van der Waals surface area contributed by atoms with Gasteiger partial charge >= 0.3 is 0 Å². The second-order valence-corrected chi connectivity index (χ2v) is 6.66. The number of terminal acetylenes is 1. The molecular weight excluding hydrogens is 340 g/mol. The van der Waals surface area contributed by atoms with Gasteiger partial charge < -0.3 is 10.2 Å². The van der Waals surface area contributed by atoms with E-state index >= 15 is 0 Å². The van der Waals surface area contributed by atoms with Gasteiger partial charge in [0, 0.05) is 44.0 Å². The van der Waals surface area contributed by atoms with Gasteiger partial charge in [0.05, 0.1) is 17.3 Å². The third kappa shape index (κ3) is 3.47. The number of carbonyl (C=O) groups excluding carboxylic acids is 1. The Morgan fingerprint density at radius 1 is 1.41 bits per heavy atom. The van der Waals surface area contributed by atoms with E-state index in [1.165, 1.54) is 0 Å². The molecule has 1 aliphatic heterocycles. The lowest BCUT2D eigenvalue weighted by Gasteiger charge is -2.32. The number of nitrogens with one attached hydrogen (secondary N) is 1. The third-order valence-corrected chi connectivity index (χ3v) is 4.80. The van der Waals surface area contributed by atoms with Crippen LogP contribution in [0.25, 0.3) is 16.9 Å². The molecule has 1 N–H and O–H groups in total. The summed E-state index contributed by atoms with van der Waals surface area (Å²) in [6.45, 7) is 3.13. The van der Waals surface area contributed by atoms with E-state index in [-0.39, 0.29) is 11.9 Å². The maximum Gasteiger partial charge on any atom is 0.219 e. The number of fused-ring (bicyclic) bond motifs is 1. The number of piperidine rings is 1. The number of nitrogens with zero attached hydrogens (tertiary/aromatic N) is 5. The summed E-state index contributed by atoms with van der Waals surface area (Å²) < 4.78 is 1.76. The van der Waals surface area contributed by atoms with E-state index in [4.69, 9.17) is 6.42 Å². The van der Waals surface area contributed by atoms with Crippen molar-refractivity contribution in [3.05, 3.63) is 42.4 Å². The van der Waals surface area contributed by atoms with E-state index in [0.29, 0.717) is 12.4 Å². The lowest BCUT2D eigenvalue weighted by atomic mass is 10.1. The van der Waals surface area contributed by atoms with Crippen molar-refractivity contribution >= 4 is 17.2 Å². The highest BCUT2D eigenvalue weighted by Crippen LogP contribution is 2.23. The SMILES string of the molecule is C#Cc1ccn2ncc(-c3nccc(NC4CCCN(C(C)=O)C4)n3)c2c1. The molecule has 136 valence electrons. The Balaban J connectivity index is 1.60. The highest BCUT2D eigenvalue weighted by Gasteiger charge is 2.22. The van der Waals surface area contributed by atoms with Gasteiger partial charge in [-0.3, -0.25) is 4.79 Å². The summed E-state index contributed by atoms with van der Waals surface area (Å²) in [5, 5.41) is 7.78. The van der Waals surface area contributed by atoms with Crippen LogP contribution >= 0.6 is 0 Å². The number of anilines is 1. The molecule has 0 aliphatic carbocycles. The number of hydrogen-bond donors (Lipinski definition) is 1. The summed E-state index contributed by atoms with van der Waals surface area (Å²) in [6, 6.07) is 5.76. The number of rotatable bonds is 3. The average molecular weight is 360 g/mol. The summed E-state index contributed by atoms with van der Waals surface area (Å²) in [5.74, 6) is 4.08. The second kappa shape index (κ2) is 7.08. The van der Waals surface area contributed by atoms with Crippen LogP contribution < -0.4 is 5.32 Å². The molecule has 0 saturated carbocycles. The van der Waals surface area contributed by atoms with Gasteiger partial charge in [0.15, 0.2) is 5.82 Å². The maximum atomic E-state index is 11.6. The van der Waals surface area contributed by atoms with E-state index in [1.54, 1.807) is 23.8 Å². The predicted molar refractivity (Wildman–Crippen MR) is 103 cm³/mol. The van der Waals surface area contributed by atoms with E-state index in [0.717, 1.165) is 41.8 Å². The predicted octanol–water partition coefficient (Wildman–Crippen LogP) is 2.20. The quantitative estimate of drug-likeness (QED) is 0.725. The maximum absolute atomic E-state index is 11.6. The van der Waals surface area contributed by atoms with Gasteiger partial charge in [-0.1, -0.05) is 5.92 Å². The van der Waals surface area contributed by atoms with E-state index in [9.17, 15) is 4.79 Å². The van der Waals surface area contributed by atoms with Crippen molar-refractivity contribution in [2.24, 2.45) is 0 Å². The molecule has 0 radical (unpaired) electrons. The first-order chi connectivity index (χ1) is 13.1. The molecule has 27 heavy (non-hydrogen) atoms. The Labute approximate surface area is 157 Å². The minimum Gasteiger partial charge on any atom is -0.365 e. The van der Waals surface area contributed by atoms with Crippen molar-refractivity contribution < 1.29 is 4.79 Å². The fourth-order valence-corrected chi connectivity index (χ4v) is 3.40. The molecule has 1 unspecified atom stereocenters. The van der Waals surface area contributed by atoms with Crippen LogP contribution in [0.3, 0.4) is 0 Å². The first kappa shape index (κ1) is 17.0. The number of hydrogen-bond acceptors (Lipinski definition) is 5. The smallest absolute Gasteiger partial charge is 0.219 e. The summed E-state index contributed by atoms with van der Waals surface area (Å²) >= 11 is 0. The highest BCUT2D eigenvalue weighted by atomic mass is 16.2. The molecule has 4 rings (SSSR count). The summed E-state index contributed by atoms with van der Waals surface area (Å²) in [6.07, 6.45) is 12.8. The van der Waals surface area contributed by atoms with E-state index < -0.39 is 0 Å². The Hall–Kier alpha value is -3.40. The molecule has 0 bridgehead atoms. The van der Waals surface area contributed by atoms with Gasteiger partial charge in [-0.15, -0.1) is 6.42 Å². The average Bonchev–Trinajstić information content (AvgIpc) is 3.11. The fourth-order valence-electron chi connectivity index (χ4n) is 3.40. The van der Waals surface area contributed by atoms with Crippen LogP contribution in [0.1, 0.15) is 25.3 Å². The minimum atomic E-state index is 0.112. The van der Waals surface area contributed by atoms with Crippen molar-refractivity contribution in [2.45, 2.75) is 25.8 Å². The Morgan fingerprint density at radius 2 is 2.30 bits per heavy atom. The Bertz CT molecular complexity index is 1030. The van der Waals surface area contributed by atoms with Gasteiger partial charge in [-0.05, 0) is 31.0 Å². The van der Waals surface area contributed by atoms with Crippen LogP contribution in [0.5, 0.6) is 0 Å². The van der Waals surface area contributed by atoms with Crippen LogP contribution in [0.4, 0.5) is 5.82 Å². The van der Waals surface area contributed by atoms with Crippen LogP contribution in [-0.2, 0) is 4.79 Å². The summed E-state index contributed by atoms with van der Waals surface area (Å²) in [4.78, 5) is 22.6. The number of likely N-dealkylation sites (tertiary alicyclic amines) is 1. The van der Waals surface area contributed by atoms with E-state index in [2.05, 4.69) is 26.3 Å². The van der Waals surface area contributed by atoms with Crippen LogP contribution in [0, 0.1) is 12.3 Å². The summed E-state index contributed by atoms with van der Waals surface area (Å²) in [5.41, 5.74) is 2.47. The monoisotopic (exact) mass is 360 g/mol. The van der Waals surface area contributed by atoms with Crippen molar-refractivity contribution in [2.75, 3.05) is 18.4 Å². The van der Waals surface area contributed by atoms with Gasteiger partial charge in [0.25, 0.3) is 0 Å². The Kier molecular flexibility index (Phi) is 4.47. The molecule has 1 amide bonds. The van der Waals surface area contributed by atoms with Crippen molar-refractivity contribution in [1.29, 1.82) is 0 Å². The molecule has 3 aromatic heterocycles. The van der Waals surface area contributed by atoms with Gasteiger partial charge in [-0.2, -0.15) is 5.10 Å². The molecular formula is C20H20N6O. The molecule has 1 fully saturated rings. The largest absolute Gasteiger partial charge is 0.365 e. The summed E-state index contributed by atoms with van der Waals surface area (Å²) in [7, 11) is 0. The van der Waals surface area contributed by atoms with Crippen LogP contribution in [-0.4, -0.2) is 49.5 Å². The van der Waals surface area contributed by atoms with Gasteiger partial charge in [0.1, 0.15) is 5.82 Å². The van der Waals surface area contributed by atoms with Crippen molar-refractivity contribution in [3.8, 4) is 23.7 Å². The molecule has 0 aromatic carbocycles. The second-order valence-electron chi connectivity index (χ2n) is 6.66. The zero-order valence-corrected chi connectivity index (χ0v) is 15.1. The third-order valence-electron chi connectivity index (χ3n) is 4.80. The van der Waals surface area contributed by atoms with Crippen molar-refractivity contribution in [3.63, 3.8) is 0 Å². The zero-order chi connectivity index (χ0) is 18.8. The van der Waals surface area contributed by atoms with E-state index in [1.807, 2.05) is 29.3 Å². The first-order valence-corrected chi connectivity index (χ1v) is 8.93. The lowest BCUT2D eigenvalue weighted by molar-refractivity contribution is -0.129. The standard InChI is InChI=1S/C20H20N6O/c1-3-15-7-10-26-18(11-15)17(12-22-26)20-21-8-6-19(24-20)23-16-5-4-9-25(13-16)14(2)27/h1,6-8,10-12,16H,4-5,9,13H2,2H3,(H,21,23,24). The topological polar surface area (TPSA) is 75.4 Å². The zero-order valence-electron chi connectivity index (χ0n) is 15.1. The number of amides is 1. The van der Waals surface area contributed by atoms with Gasteiger partial charge in [-0.25, -0.2) is 14.5 Å². The highest BCUT2D eigenvalue weighted by molar-refractivity contribution is 5.77. The molecule has 1 atom stereocenters. The molecule has 1 aliphatic rings. The van der Waals surface area contributed by atoms with Crippen LogP contribution in [0.15, 0.2) is 36.8 Å². The molecule has 1 saturated heterocycles. The molecule has 7 heteroatoms. The number of aromatic nitrogens is 4. The Morgan fingerprint density at radius 3 is 3.11 bits per heavy atom. The molecule has 7 nitrogen and oxygen atoms in total. The minimum absolute atomic E-state index is 0.112. The normalized spacial score (nSPS) is 16.9. The first-order valence-electron chi connectivity index (χ1n) is 8.93. The molecule has 3 aromatic rings. The van der Waals surface area contributed by atoms with Crippen molar-refractivity contribution in [1.82, 2.24) is 24.5 Å². The molecule has 4 heterocycles. The number of carbonyl (C=O) groups is 1. The molecule has 0 spiro atoms. The number of pyridine rings is 1. The van der Waals surface area contributed by atoms with Gasteiger partial charge in [0.2, 0.25) is 5.91 Å². The van der Waals surface area contributed by atoms with Crippen LogP contribution in [0.2, 0.25) is 0 Å². The lowest BCUT2D eigenvalue weighted by Crippen LogP contribution is -2.44.